The summed E-state index contributed by atoms with van der Waals surface area (Å²) in [5, 5.41) is 1.13. The molecule has 0 radical (unpaired) electrons. The maximum Gasteiger partial charge on any atom is 0.140 e. The van der Waals surface area contributed by atoms with E-state index in [1.807, 2.05) is 30.1 Å². The minimum Gasteiger partial charge on any atom is -0.335 e. The molecule has 0 saturated heterocycles. The number of aromatic nitrogens is 3. The van der Waals surface area contributed by atoms with Crippen LogP contribution >= 0.6 is 15.9 Å². The van der Waals surface area contributed by atoms with Crippen molar-refractivity contribution in [2.45, 2.75) is 0 Å². The van der Waals surface area contributed by atoms with Crippen molar-refractivity contribution in [1.29, 1.82) is 0 Å². The van der Waals surface area contributed by atoms with E-state index in [0.717, 1.165) is 26.6 Å². The molecule has 84 valence electrons. The molecule has 3 aromatic rings. The van der Waals surface area contributed by atoms with Crippen LogP contribution < -0.4 is 0 Å². The second kappa shape index (κ2) is 3.96. The van der Waals surface area contributed by atoms with Crippen LogP contribution in [-0.4, -0.2) is 14.5 Å². The molecule has 0 saturated carbocycles. The third kappa shape index (κ3) is 1.74. The monoisotopic (exact) mass is 287 g/mol. The Morgan fingerprint density at radius 2 is 2.18 bits per heavy atom. The first-order valence-corrected chi connectivity index (χ1v) is 6.06. The predicted octanol–water partition coefficient (Wildman–Crippen LogP) is 3.40. The molecule has 3 aromatic heterocycles. The lowest BCUT2D eigenvalue weighted by Gasteiger charge is -1.98. The molecule has 0 amide bonds. The van der Waals surface area contributed by atoms with Crippen molar-refractivity contribution >= 4 is 27.0 Å². The average molecular weight is 288 g/mol. The molecule has 17 heavy (non-hydrogen) atoms. The number of fused-ring (bicyclic) bond motifs is 1. The second-order valence-corrected chi connectivity index (χ2v) is 4.84. The molecular formula is C13H10BrN3. The van der Waals surface area contributed by atoms with Gasteiger partial charge in [-0.25, -0.2) is 4.98 Å². The Hall–Kier alpha value is -1.68. The minimum absolute atomic E-state index is 0.979. The van der Waals surface area contributed by atoms with E-state index >= 15 is 0 Å². The predicted molar refractivity (Wildman–Crippen MR) is 71.6 cm³/mol. The molecule has 0 fully saturated rings. The van der Waals surface area contributed by atoms with E-state index in [-0.39, 0.29) is 0 Å². The van der Waals surface area contributed by atoms with Crippen molar-refractivity contribution in [3.8, 4) is 11.1 Å². The number of hydrogen-bond donors (Lipinski definition) is 0. The van der Waals surface area contributed by atoms with Crippen molar-refractivity contribution in [3.05, 3.63) is 47.5 Å². The maximum atomic E-state index is 4.42. The van der Waals surface area contributed by atoms with E-state index in [1.165, 1.54) is 0 Å². The summed E-state index contributed by atoms with van der Waals surface area (Å²) in [7, 11) is 2.00. The zero-order valence-electron chi connectivity index (χ0n) is 9.26. The highest BCUT2D eigenvalue weighted by Gasteiger charge is 2.09. The van der Waals surface area contributed by atoms with Crippen molar-refractivity contribution in [2.24, 2.45) is 7.05 Å². The van der Waals surface area contributed by atoms with Gasteiger partial charge in [0.05, 0.1) is 0 Å². The molecular weight excluding hydrogens is 278 g/mol. The summed E-state index contributed by atoms with van der Waals surface area (Å²) < 4.78 is 3.02. The van der Waals surface area contributed by atoms with Gasteiger partial charge in [0.25, 0.3) is 0 Å². The molecule has 0 spiro atoms. The quantitative estimate of drug-likeness (QED) is 0.687. The molecule has 0 bridgehead atoms. The van der Waals surface area contributed by atoms with Crippen LogP contribution in [0.1, 0.15) is 0 Å². The molecule has 3 heterocycles. The SMILES string of the molecule is Cn1cc(-c2cccnc2)c2cc(Br)cnc21. The van der Waals surface area contributed by atoms with Gasteiger partial charge >= 0.3 is 0 Å². The Morgan fingerprint density at radius 1 is 1.29 bits per heavy atom. The van der Waals surface area contributed by atoms with Crippen LogP contribution in [0, 0.1) is 0 Å². The maximum absolute atomic E-state index is 4.42. The highest BCUT2D eigenvalue weighted by atomic mass is 79.9. The summed E-state index contributed by atoms with van der Waals surface area (Å²) in [5.74, 6) is 0. The fraction of sp³-hybridized carbons (Fsp3) is 0.0769. The first-order chi connectivity index (χ1) is 8.25. The molecule has 0 N–H and O–H groups in total. The normalized spacial score (nSPS) is 10.9. The van der Waals surface area contributed by atoms with E-state index in [1.54, 1.807) is 6.20 Å². The van der Waals surface area contributed by atoms with Crippen LogP contribution in [0.5, 0.6) is 0 Å². The largest absolute Gasteiger partial charge is 0.335 e. The van der Waals surface area contributed by atoms with E-state index in [0.29, 0.717) is 0 Å². The lowest BCUT2D eigenvalue weighted by Crippen LogP contribution is -1.86. The molecule has 0 aliphatic carbocycles. The minimum atomic E-state index is 0.979. The van der Waals surface area contributed by atoms with Gasteiger partial charge in [-0.1, -0.05) is 6.07 Å². The zero-order chi connectivity index (χ0) is 11.8. The van der Waals surface area contributed by atoms with E-state index in [4.69, 9.17) is 0 Å². The van der Waals surface area contributed by atoms with E-state index in [9.17, 15) is 0 Å². The molecule has 4 heteroatoms. The molecule has 0 aliphatic rings. The fourth-order valence-electron chi connectivity index (χ4n) is 1.99. The molecule has 0 unspecified atom stereocenters. The number of nitrogens with zero attached hydrogens (tertiary/aromatic N) is 3. The number of aryl methyl sites for hydroxylation is 1. The molecule has 3 nitrogen and oxygen atoms in total. The molecule has 0 aromatic carbocycles. The second-order valence-electron chi connectivity index (χ2n) is 3.92. The smallest absolute Gasteiger partial charge is 0.140 e. The first kappa shape index (κ1) is 10.5. The third-order valence-corrected chi connectivity index (χ3v) is 3.19. The average Bonchev–Trinajstić information content (AvgIpc) is 2.67. The first-order valence-electron chi connectivity index (χ1n) is 5.26. The van der Waals surface area contributed by atoms with Crippen LogP contribution in [0.15, 0.2) is 47.5 Å². The van der Waals surface area contributed by atoms with Crippen molar-refractivity contribution in [3.63, 3.8) is 0 Å². The zero-order valence-corrected chi connectivity index (χ0v) is 10.8. The molecule has 0 aliphatic heterocycles. The summed E-state index contributed by atoms with van der Waals surface area (Å²) in [6.07, 6.45) is 7.55. The summed E-state index contributed by atoms with van der Waals surface area (Å²) in [6.45, 7) is 0. The van der Waals surface area contributed by atoms with Crippen LogP contribution in [-0.2, 0) is 7.05 Å². The highest BCUT2D eigenvalue weighted by Crippen LogP contribution is 2.30. The van der Waals surface area contributed by atoms with Gasteiger partial charge in [0.15, 0.2) is 0 Å². The lowest BCUT2D eigenvalue weighted by atomic mass is 10.1. The number of hydrogen-bond acceptors (Lipinski definition) is 2. The van der Waals surface area contributed by atoms with Crippen LogP contribution in [0.25, 0.3) is 22.2 Å². The van der Waals surface area contributed by atoms with Crippen molar-refractivity contribution < 1.29 is 0 Å². The van der Waals surface area contributed by atoms with Gasteiger partial charge in [-0.3, -0.25) is 4.98 Å². The van der Waals surface area contributed by atoms with Gasteiger partial charge in [0.2, 0.25) is 0 Å². The van der Waals surface area contributed by atoms with Crippen molar-refractivity contribution in [1.82, 2.24) is 14.5 Å². The Balaban J connectivity index is 2.34. The standard InChI is InChI=1S/C13H10BrN3/c1-17-8-12(9-3-2-4-15-6-9)11-5-10(14)7-16-13(11)17/h2-8H,1H3. The van der Waals surface area contributed by atoms with Gasteiger partial charge in [0, 0.05) is 52.8 Å². The van der Waals surface area contributed by atoms with Gasteiger partial charge < -0.3 is 4.57 Å². The summed E-state index contributed by atoms with van der Waals surface area (Å²) in [6, 6.07) is 6.09. The van der Waals surface area contributed by atoms with Gasteiger partial charge in [-0.05, 0) is 28.1 Å². The van der Waals surface area contributed by atoms with E-state index in [2.05, 4.69) is 44.2 Å². The summed E-state index contributed by atoms with van der Waals surface area (Å²) in [4.78, 5) is 8.58. The number of halogens is 1. The molecule has 3 rings (SSSR count). The van der Waals surface area contributed by atoms with Crippen LogP contribution in [0.2, 0.25) is 0 Å². The Labute approximate surface area is 107 Å². The van der Waals surface area contributed by atoms with Gasteiger partial charge in [-0.2, -0.15) is 0 Å². The van der Waals surface area contributed by atoms with Crippen LogP contribution in [0.3, 0.4) is 0 Å². The van der Waals surface area contributed by atoms with Crippen molar-refractivity contribution in [2.75, 3.05) is 0 Å². The number of pyridine rings is 2. The Morgan fingerprint density at radius 3 is 2.94 bits per heavy atom. The summed E-state index contributed by atoms with van der Waals surface area (Å²) >= 11 is 3.46. The number of rotatable bonds is 1. The summed E-state index contributed by atoms with van der Waals surface area (Å²) in [5.41, 5.74) is 3.24. The Kier molecular flexibility index (Phi) is 2.44. The van der Waals surface area contributed by atoms with Gasteiger partial charge in [0.1, 0.15) is 5.65 Å². The fourth-order valence-corrected chi connectivity index (χ4v) is 2.32. The van der Waals surface area contributed by atoms with Crippen LogP contribution in [0.4, 0.5) is 0 Å². The lowest BCUT2D eigenvalue weighted by molar-refractivity contribution is 0.948. The third-order valence-electron chi connectivity index (χ3n) is 2.75. The van der Waals surface area contributed by atoms with Gasteiger partial charge in [-0.15, -0.1) is 0 Å². The highest BCUT2D eigenvalue weighted by molar-refractivity contribution is 9.10. The topological polar surface area (TPSA) is 30.7 Å². The Bertz CT molecular complexity index is 674. The molecule has 0 atom stereocenters. The van der Waals surface area contributed by atoms with E-state index < -0.39 is 0 Å².